The van der Waals surface area contributed by atoms with Crippen molar-refractivity contribution in [3.63, 3.8) is 0 Å². The molecule has 1 aromatic heterocycles. The van der Waals surface area contributed by atoms with Crippen molar-refractivity contribution in [3.05, 3.63) is 41.7 Å². The number of benzene rings is 1. The Balaban J connectivity index is 1.63. The molecule has 0 bridgehead atoms. The second-order valence-electron chi connectivity index (χ2n) is 8.26. The van der Waals surface area contributed by atoms with Crippen molar-refractivity contribution in [3.8, 4) is 11.4 Å². The minimum Gasteiger partial charge on any atom is -0.497 e. The highest BCUT2D eigenvalue weighted by Crippen LogP contribution is 2.41. The number of aromatic nitrogens is 2. The minimum atomic E-state index is -0.310. The molecular weight excluding hydrogens is 342 g/mol. The summed E-state index contributed by atoms with van der Waals surface area (Å²) in [7, 11) is 1.66. The Kier molecular flexibility index (Phi) is 4.68. The number of carbonyl (C=O) groups is 1. The Morgan fingerprint density at radius 2 is 2.11 bits per heavy atom. The van der Waals surface area contributed by atoms with E-state index in [1.807, 2.05) is 35.1 Å². The van der Waals surface area contributed by atoms with Gasteiger partial charge in [-0.1, -0.05) is 13.8 Å². The summed E-state index contributed by atoms with van der Waals surface area (Å²) in [5.74, 6) is 0.820. The molecule has 6 nitrogen and oxygen atoms in total. The Hall–Kier alpha value is -2.34. The van der Waals surface area contributed by atoms with Gasteiger partial charge in [-0.25, -0.2) is 4.68 Å². The number of nitrogens with one attached hydrogen (secondary N) is 1. The second-order valence-corrected chi connectivity index (χ2v) is 8.26. The SMILES string of the molecule is COc1ccc(-n2ncc3c2CC(C)(C)C[C@@H]3NC(=O)[C@@H]2CCCO2)cc1. The van der Waals surface area contributed by atoms with E-state index in [-0.39, 0.29) is 23.5 Å². The first-order valence-corrected chi connectivity index (χ1v) is 9.60. The molecule has 0 saturated carbocycles. The molecule has 1 aromatic carbocycles. The molecule has 1 N–H and O–H groups in total. The Labute approximate surface area is 159 Å². The maximum Gasteiger partial charge on any atom is 0.249 e. The third kappa shape index (κ3) is 3.58. The lowest BCUT2D eigenvalue weighted by molar-refractivity contribution is -0.131. The predicted octanol–water partition coefficient (Wildman–Crippen LogP) is 3.19. The van der Waals surface area contributed by atoms with Gasteiger partial charge in [0.15, 0.2) is 0 Å². The van der Waals surface area contributed by atoms with Crippen LogP contribution < -0.4 is 10.1 Å². The average Bonchev–Trinajstić information content (AvgIpc) is 3.31. The highest BCUT2D eigenvalue weighted by Gasteiger charge is 2.37. The van der Waals surface area contributed by atoms with Gasteiger partial charge in [-0.2, -0.15) is 5.10 Å². The smallest absolute Gasteiger partial charge is 0.249 e. The number of hydrogen-bond donors (Lipinski definition) is 1. The maximum absolute atomic E-state index is 12.6. The van der Waals surface area contributed by atoms with Crippen LogP contribution in [-0.4, -0.2) is 35.5 Å². The van der Waals surface area contributed by atoms with Gasteiger partial charge in [0.2, 0.25) is 5.91 Å². The minimum absolute atomic E-state index is 0.00153. The molecule has 2 aromatic rings. The van der Waals surface area contributed by atoms with Crippen LogP contribution in [0.25, 0.3) is 5.69 Å². The lowest BCUT2D eigenvalue weighted by atomic mass is 9.74. The van der Waals surface area contributed by atoms with E-state index >= 15 is 0 Å². The molecule has 2 atom stereocenters. The van der Waals surface area contributed by atoms with Gasteiger partial charge in [0, 0.05) is 12.2 Å². The van der Waals surface area contributed by atoms with Gasteiger partial charge in [-0.05, 0) is 55.4 Å². The summed E-state index contributed by atoms with van der Waals surface area (Å²) in [5.41, 5.74) is 3.34. The molecule has 1 saturated heterocycles. The zero-order valence-electron chi connectivity index (χ0n) is 16.2. The first kappa shape index (κ1) is 18.0. The average molecular weight is 369 g/mol. The third-order valence-electron chi connectivity index (χ3n) is 5.53. The second kappa shape index (κ2) is 7.00. The van der Waals surface area contributed by atoms with Crippen molar-refractivity contribution in [1.29, 1.82) is 0 Å². The third-order valence-corrected chi connectivity index (χ3v) is 5.53. The predicted molar refractivity (Wildman–Crippen MR) is 102 cm³/mol. The summed E-state index contributed by atoms with van der Waals surface area (Å²) in [4.78, 5) is 12.6. The number of hydrogen-bond acceptors (Lipinski definition) is 4. The first-order valence-electron chi connectivity index (χ1n) is 9.60. The molecule has 1 aliphatic heterocycles. The van der Waals surface area contributed by atoms with E-state index in [0.29, 0.717) is 6.61 Å². The summed E-state index contributed by atoms with van der Waals surface area (Å²) in [6.07, 6.45) is 5.16. The molecule has 0 spiro atoms. The number of carbonyl (C=O) groups excluding carboxylic acids is 1. The number of fused-ring (bicyclic) bond motifs is 1. The van der Waals surface area contributed by atoms with Crippen molar-refractivity contribution < 1.29 is 14.3 Å². The normalized spacial score (nSPS) is 23.7. The highest BCUT2D eigenvalue weighted by atomic mass is 16.5. The largest absolute Gasteiger partial charge is 0.497 e. The summed E-state index contributed by atoms with van der Waals surface area (Å²) >= 11 is 0. The van der Waals surface area contributed by atoms with Crippen molar-refractivity contribution in [2.45, 2.75) is 51.7 Å². The molecule has 1 fully saturated rings. The summed E-state index contributed by atoms with van der Waals surface area (Å²) in [6, 6.07) is 7.86. The van der Waals surface area contributed by atoms with E-state index in [1.54, 1.807) is 7.11 Å². The van der Waals surface area contributed by atoms with E-state index in [2.05, 4.69) is 24.3 Å². The van der Waals surface area contributed by atoms with Crippen LogP contribution in [0.5, 0.6) is 5.75 Å². The fraction of sp³-hybridized carbons (Fsp3) is 0.524. The van der Waals surface area contributed by atoms with Crippen LogP contribution in [0.2, 0.25) is 0 Å². The number of rotatable bonds is 4. The van der Waals surface area contributed by atoms with E-state index in [9.17, 15) is 4.79 Å². The van der Waals surface area contributed by atoms with Crippen LogP contribution in [0.3, 0.4) is 0 Å². The van der Waals surface area contributed by atoms with Crippen molar-refractivity contribution in [2.24, 2.45) is 5.41 Å². The quantitative estimate of drug-likeness (QED) is 0.899. The molecule has 0 unspecified atom stereocenters. The van der Waals surface area contributed by atoms with Crippen LogP contribution in [0.4, 0.5) is 0 Å². The Bertz CT molecular complexity index is 820. The summed E-state index contributed by atoms with van der Waals surface area (Å²) < 4.78 is 12.8. The fourth-order valence-electron chi connectivity index (χ4n) is 4.17. The summed E-state index contributed by atoms with van der Waals surface area (Å²) in [6.45, 7) is 5.16. The topological polar surface area (TPSA) is 65.4 Å². The van der Waals surface area contributed by atoms with E-state index in [0.717, 1.165) is 48.4 Å². The standard InChI is InChI=1S/C21H27N3O3/c1-21(2)11-17(23-20(25)19-5-4-10-27-19)16-13-22-24(18(16)12-21)14-6-8-15(26-3)9-7-14/h6-9,13,17,19H,4-5,10-12H2,1-3H3,(H,23,25)/t17-,19-/m0/s1. The summed E-state index contributed by atoms with van der Waals surface area (Å²) in [5, 5.41) is 7.86. The molecule has 27 heavy (non-hydrogen) atoms. The lowest BCUT2D eigenvalue weighted by Crippen LogP contribution is -2.41. The number of methoxy groups -OCH3 is 1. The molecular formula is C21H27N3O3. The molecule has 2 heterocycles. The molecule has 1 aliphatic carbocycles. The van der Waals surface area contributed by atoms with Gasteiger partial charge in [0.25, 0.3) is 0 Å². The van der Waals surface area contributed by atoms with Gasteiger partial charge >= 0.3 is 0 Å². The number of amides is 1. The van der Waals surface area contributed by atoms with Gasteiger partial charge in [0.1, 0.15) is 11.9 Å². The number of ether oxygens (including phenoxy) is 2. The zero-order valence-corrected chi connectivity index (χ0v) is 16.2. The van der Waals surface area contributed by atoms with Crippen LogP contribution >= 0.6 is 0 Å². The van der Waals surface area contributed by atoms with Crippen LogP contribution in [-0.2, 0) is 16.0 Å². The molecule has 144 valence electrons. The van der Waals surface area contributed by atoms with Gasteiger partial charge < -0.3 is 14.8 Å². The molecule has 0 radical (unpaired) electrons. The van der Waals surface area contributed by atoms with Crippen molar-refractivity contribution >= 4 is 5.91 Å². The Morgan fingerprint density at radius 3 is 2.78 bits per heavy atom. The first-order chi connectivity index (χ1) is 13.0. The van der Waals surface area contributed by atoms with Crippen molar-refractivity contribution in [2.75, 3.05) is 13.7 Å². The lowest BCUT2D eigenvalue weighted by Gasteiger charge is -2.36. The highest BCUT2D eigenvalue weighted by molar-refractivity contribution is 5.81. The molecule has 2 aliphatic rings. The van der Waals surface area contributed by atoms with E-state index in [1.165, 1.54) is 0 Å². The van der Waals surface area contributed by atoms with Crippen molar-refractivity contribution in [1.82, 2.24) is 15.1 Å². The van der Waals surface area contributed by atoms with Gasteiger partial charge in [-0.15, -0.1) is 0 Å². The molecule has 1 amide bonds. The van der Waals surface area contributed by atoms with Crippen LogP contribution in [0.1, 0.15) is 50.4 Å². The monoisotopic (exact) mass is 369 g/mol. The van der Waals surface area contributed by atoms with Crippen LogP contribution in [0.15, 0.2) is 30.5 Å². The van der Waals surface area contributed by atoms with Gasteiger partial charge in [-0.3, -0.25) is 4.79 Å². The zero-order chi connectivity index (χ0) is 19.0. The van der Waals surface area contributed by atoms with E-state index in [4.69, 9.17) is 9.47 Å². The molecule has 4 rings (SSSR count). The fourth-order valence-corrected chi connectivity index (χ4v) is 4.17. The maximum atomic E-state index is 12.6. The van der Waals surface area contributed by atoms with Gasteiger partial charge in [0.05, 0.1) is 30.7 Å². The Morgan fingerprint density at radius 1 is 1.33 bits per heavy atom. The van der Waals surface area contributed by atoms with Crippen LogP contribution in [0, 0.1) is 5.41 Å². The molecule has 6 heteroatoms. The number of nitrogens with zero attached hydrogens (tertiary/aromatic N) is 2. The van der Waals surface area contributed by atoms with E-state index < -0.39 is 0 Å².